The van der Waals surface area contributed by atoms with E-state index in [1.54, 1.807) is 0 Å². The molecule has 0 bridgehead atoms. The molecule has 2 nitrogen and oxygen atoms in total. The summed E-state index contributed by atoms with van der Waals surface area (Å²) in [4.78, 5) is 0. The van der Waals surface area contributed by atoms with Crippen LogP contribution in [0.1, 0.15) is 17.4 Å². The van der Waals surface area contributed by atoms with E-state index in [1.165, 1.54) is 0 Å². The van der Waals surface area contributed by atoms with Crippen molar-refractivity contribution < 1.29 is 9.47 Å². The summed E-state index contributed by atoms with van der Waals surface area (Å²) in [5, 5.41) is 0. The number of hydrogen-bond acceptors (Lipinski definition) is 3. The molecule has 15 heavy (non-hydrogen) atoms. The highest BCUT2D eigenvalue weighted by atomic mass is 32.1. The molecule has 3 heteroatoms. The number of ether oxygens (including phenoxy) is 2. The summed E-state index contributed by atoms with van der Waals surface area (Å²) in [6.45, 7) is 1.33. The van der Waals surface area contributed by atoms with Crippen molar-refractivity contribution in [3.63, 3.8) is 0 Å². The Balaban J connectivity index is 2.18. The predicted molar refractivity (Wildman–Crippen MR) is 61.8 cm³/mol. The van der Waals surface area contributed by atoms with Gasteiger partial charge in [-0.3, -0.25) is 0 Å². The first-order valence-corrected chi connectivity index (χ1v) is 5.46. The van der Waals surface area contributed by atoms with E-state index < -0.39 is 0 Å². The molecule has 0 spiro atoms. The van der Waals surface area contributed by atoms with Crippen molar-refractivity contribution in [3.8, 4) is 11.8 Å². The third-order valence-corrected chi connectivity index (χ3v) is 2.25. The summed E-state index contributed by atoms with van der Waals surface area (Å²) in [7, 11) is 0. The Kier molecular flexibility index (Phi) is 3.68. The highest BCUT2D eigenvalue weighted by Crippen LogP contribution is 2.23. The van der Waals surface area contributed by atoms with Gasteiger partial charge < -0.3 is 9.47 Å². The minimum absolute atomic E-state index is 0.220. The summed E-state index contributed by atoms with van der Waals surface area (Å²) in [5.41, 5.74) is 2.00. The molecular formula is C12H12O2S. The minimum Gasteiger partial charge on any atom is -0.346 e. The minimum atomic E-state index is -0.220. The molecule has 1 heterocycles. The van der Waals surface area contributed by atoms with Crippen LogP contribution in [-0.2, 0) is 9.47 Å². The van der Waals surface area contributed by atoms with Crippen molar-refractivity contribution in [1.82, 2.24) is 0 Å². The lowest BCUT2D eigenvalue weighted by Crippen LogP contribution is -1.97. The Morgan fingerprint density at radius 1 is 1.33 bits per heavy atom. The van der Waals surface area contributed by atoms with E-state index in [4.69, 9.17) is 9.47 Å². The van der Waals surface area contributed by atoms with Crippen LogP contribution in [0.2, 0.25) is 0 Å². The first-order chi connectivity index (χ1) is 7.40. The van der Waals surface area contributed by atoms with Crippen LogP contribution in [0.25, 0.3) is 0 Å². The zero-order chi connectivity index (χ0) is 10.5. The average molecular weight is 220 g/mol. The molecule has 0 saturated carbocycles. The van der Waals surface area contributed by atoms with Crippen LogP contribution in [0.5, 0.6) is 0 Å². The lowest BCUT2D eigenvalue weighted by Gasteiger charge is -2.08. The second-order valence-corrected chi connectivity index (χ2v) is 3.48. The van der Waals surface area contributed by atoms with Crippen LogP contribution < -0.4 is 0 Å². The fourth-order valence-corrected chi connectivity index (χ4v) is 1.53. The van der Waals surface area contributed by atoms with E-state index in [9.17, 15) is 0 Å². The van der Waals surface area contributed by atoms with Crippen molar-refractivity contribution in [3.05, 3.63) is 35.4 Å². The third-order valence-electron chi connectivity index (χ3n) is 2.09. The van der Waals surface area contributed by atoms with E-state index in [1.807, 2.05) is 24.3 Å². The van der Waals surface area contributed by atoms with Gasteiger partial charge in [-0.05, 0) is 12.1 Å². The summed E-state index contributed by atoms with van der Waals surface area (Å²) in [6, 6.07) is 7.91. The zero-order valence-electron chi connectivity index (χ0n) is 8.27. The van der Waals surface area contributed by atoms with Gasteiger partial charge in [-0.25, -0.2) is 0 Å². The average Bonchev–Trinajstić information content (AvgIpc) is 2.80. The van der Waals surface area contributed by atoms with E-state index in [2.05, 4.69) is 24.5 Å². The Bertz CT molecular complexity index is 386. The molecule has 0 amide bonds. The normalized spacial score (nSPS) is 16.1. The van der Waals surface area contributed by atoms with Crippen molar-refractivity contribution in [2.24, 2.45) is 0 Å². The maximum Gasteiger partial charge on any atom is 0.184 e. The molecule has 1 aliphatic heterocycles. The fraction of sp³-hybridized carbons (Fsp3) is 0.333. The van der Waals surface area contributed by atoms with Crippen molar-refractivity contribution in [1.29, 1.82) is 0 Å². The lowest BCUT2D eigenvalue weighted by atomic mass is 10.1. The topological polar surface area (TPSA) is 18.5 Å². The zero-order valence-corrected chi connectivity index (χ0v) is 9.17. The highest BCUT2D eigenvalue weighted by Gasteiger charge is 2.17. The van der Waals surface area contributed by atoms with Crippen LogP contribution in [-0.4, -0.2) is 19.0 Å². The molecule has 1 aromatic rings. The second-order valence-electron chi connectivity index (χ2n) is 3.16. The summed E-state index contributed by atoms with van der Waals surface area (Å²) in [6.07, 6.45) is -0.220. The van der Waals surface area contributed by atoms with Gasteiger partial charge in [0.25, 0.3) is 0 Å². The Morgan fingerprint density at radius 2 is 2.13 bits per heavy atom. The van der Waals surface area contributed by atoms with Gasteiger partial charge in [-0.2, -0.15) is 12.6 Å². The van der Waals surface area contributed by atoms with Gasteiger partial charge in [0.05, 0.1) is 19.0 Å². The van der Waals surface area contributed by atoms with Crippen molar-refractivity contribution in [2.45, 2.75) is 6.29 Å². The largest absolute Gasteiger partial charge is 0.346 e. The quantitative estimate of drug-likeness (QED) is 0.576. The third kappa shape index (κ3) is 2.75. The van der Waals surface area contributed by atoms with E-state index >= 15 is 0 Å². The monoisotopic (exact) mass is 220 g/mol. The van der Waals surface area contributed by atoms with Gasteiger partial charge in [0.2, 0.25) is 0 Å². The van der Waals surface area contributed by atoms with Crippen molar-refractivity contribution in [2.75, 3.05) is 19.0 Å². The molecule has 78 valence electrons. The van der Waals surface area contributed by atoms with Crippen LogP contribution >= 0.6 is 12.6 Å². The summed E-state index contributed by atoms with van der Waals surface area (Å²) in [5.74, 6) is 6.51. The smallest absolute Gasteiger partial charge is 0.184 e. The molecule has 1 saturated heterocycles. The van der Waals surface area contributed by atoms with Crippen LogP contribution in [0.4, 0.5) is 0 Å². The maximum absolute atomic E-state index is 5.41. The molecule has 0 aliphatic carbocycles. The van der Waals surface area contributed by atoms with E-state index in [0.717, 1.165) is 11.1 Å². The van der Waals surface area contributed by atoms with E-state index in [0.29, 0.717) is 19.0 Å². The highest BCUT2D eigenvalue weighted by molar-refractivity contribution is 7.80. The molecule has 0 atom stereocenters. The Hall–Kier alpha value is -0.950. The van der Waals surface area contributed by atoms with Gasteiger partial charge in [0, 0.05) is 11.1 Å². The van der Waals surface area contributed by atoms with Crippen LogP contribution in [0, 0.1) is 11.8 Å². The molecule has 1 aliphatic rings. The molecule has 1 aromatic carbocycles. The van der Waals surface area contributed by atoms with Gasteiger partial charge in [-0.15, -0.1) is 0 Å². The molecule has 1 fully saturated rings. The molecular weight excluding hydrogens is 208 g/mol. The number of hydrogen-bond donors (Lipinski definition) is 1. The van der Waals surface area contributed by atoms with Crippen molar-refractivity contribution >= 4 is 12.6 Å². The number of benzene rings is 1. The number of thiol groups is 1. The number of rotatable bonds is 1. The maximum atomic E-state index is 5.41. The van der Waals surface area contributed by atoms with E-state index in [-0.39, 0.29) is 6.29 Å². The molecule has 0 radical (unpaired) electrons. The summed E-state index contributed by atoms with van der Waals surface area (Å²) >= 11 is 4.04. The van der Waals surface area contributed by atoms with Crippen LogP contribution in [0.3, 0.4) is 0 Å². The second kappa shape index (κ2) is 5.22. The summed E-state index contributed by atoms with van der Waals surface area (Å²) < 4.78 is 10.8. The van der Waals surface area contributed by atoms with Gasteiger partial charge in [-0.1, -0.05) is 24.0 Å². The Labute approximate surface area is 95.0 Å². The lowest BCUT2D eigenvalue weighted by molar-refractivity contribution is -0.0441. The van der Waals surface area contributed by atoms with Gasteiger partial charge >= 0.3 is 0 Å². The molecule has 0 aromatic heterocycles. The molecule has 0 unspecified atom stereocenters. The predicted octanol–water partition coefficient (Wildman–Crippen LogP) is 2.01. The molecule has 2 rings (SSSR count). The standard InChI is InChI=1S/C12H12O2S/c15-8-2-4-10-3-1-5-11(9-10)12-13-6-7-14-12/h1,3,5,9,12,15H,6-8H2. The SMILES string of the molecule is SCC#Cc1cccc(C2OCCO2)c1. The first kappa shape index (κ1) is 10.6. The fourth-order valence-electron chi connectivity index (χ4n) is 1.46. The first-order valence-electron chi connectivity index (χ1n) is 4.83. The van der Waals surface area contributed by atoms with Gasteiger partial charge in [0.1, 0.15) is 0 Å². The Morgan fingerprint density at radius 3 is 2.87 bits per heavy atom. The van der Waals surface area contributed by atoms with Gasteiger partial charge in [0.15, 0.2) is 6.29 Å². The molecule has 0 N–H and O–H groups in total. The van der Waals surface area contributed by atoms with Crippen LogP contribution in [0.15, 0.2) is 24.3 Å².